The molecule has 86 valence electrons. The van der Waals surface area contributed by atoms with Gasteiger partial charge < -0.3 is 4.74 Å². The highest BCUT2D eigenvalue weighted by Crippen LogP contribution is 2.26. The molecule has 0 N–H and O–H groups in total. The van der Waals surface area contributed by atoms with Gasteiger partial charge in [0.1, 0.15) is 12.0 Å². The van der Waals surface area contributed by atoms with Crippen molar-refractivity contribution in [2.45, 2.75) is 19.3 Å². The van der Waals surface area contributed by atoms with Crippen LogP contribution in [0.25, 0.3) is 0 Å². The molecule has 4 heteroatoms. The molecule has 0 heterocycles. The molecule has 1 aromatic carbocycles. The van der Waals surface area contributed by atoms with Crippen LogP contribution < -0.4 is 0 Å². The van der Waals surface area contributed by atoms with Crippen molar-refractivity contribution < 1.29 is 14.3 Å². The van der Waals surface area contributed by atoms with Crippen LogP contribution in [0.1, 0.15) is 19.4 Å². The molecule has 0 saturated heterocycles. The van der Waals surface area contributed by atoms with Gasteiger partial charge in [-0.3, -0.25) is 9.59 Å². The average molecular weight is 241 g/mol. The van der Waals surface area contributed by atoms with Crippen molar-refractivity contribution in [3.05, 3.63) is 35.9 Å². The van der Waals surface area contributed by atoms with Gasteiger partial charge in [0, 0.05) is 6.92 Å². The van der Waals surface area contributed by atoms with E-state index in [4.69, 9.17) is 16.3 Å². The maximum absolute atomic E-state index is 11.5. The minimum atomic E-state index is -0.992. The summed E-state index contributed by atoms with van der Waals surface area (Å²) in [6.45, 7) is 2.90. The van der Waals surface area contributed by atoms with Crippen molar-refractivity contribution >= 4 is 22.8 Å². The molecule has 0 aliphatic carbocycles. The molecule has 16 heavy (non-hydrogen) atoms. The van der Waals surface area contributed by atoms with E-state index in [1.807, 2.05) is 6.07 Å². The molecule has 0 spiro atoms. The lowest BCUT2D eigenvalue weighted by molar-refractivity contribution is -0.143. The van der Waals surface area contributed by atoms with Crippen molar-refractivity contribution in [3.63, 3.8) is 0 Å². The highest BCUT2D eigenvalue weighted by atomic mass is 35.5. The van der Waals surface area contributed by atoms with Crippen molar-refractivity contribution in [1.82, 2.24) is 0 Å². The zero-order chi connectivity index (χ0) is 12.2. The van der Waals surface area contributed by atoms with E-state index in [1.54, 1.807) is 31.2 Å². The van der Waals surface area contributed by atoms with E-state index in [-0.39, 0.29) is 6.61 Å². The summed E-state index contributed by atoms with van der Waals surface area (Å²) in [6.07, 6.45) is 0. The number of ether oxygens (including phenoxy) is 1. The molecule has 1 unspecified atom stereocenters. The highest BCUT2D eigenvalue weighted by molar-refractivity contribution is 6.65. The summed E-state index contributed by atoms with van der Waals surface area (Å²) in [4.78, 5) is 22.2. The first kappa shape index (κ1) is 12.7. The molecule has 0 bridgehead atoms. The number of hydrogen-bond donors (Lipinski definition) is 0. The zero-order valence-electron chi connectivity index (χ0n) is 9.20. The van der Waals surface area contributed by atoms with Gasteiger partial charge >= 0.3 is 5.97 Å². The largest absolute Gasteiger partial charge is 0.464 e. The summed E-state index contributed by atoms with van der Waals surface area (Å²) in [5.41, 5.74) is -0.259. The van der Waals surface area contributed by atoms with Gasteiger partial charge in [-0.1, -0.05) is 30.3 Å². The number of rotatable bonds is 4. The van der Waals surface area contributed by atoms with E-state index >= 15 is 0 Å². The number of benzene rings is 1. The highest BCUT2D eigenvalue weighted by Gasteiger charge is 2.35. The van der Waals surface area contributed by atoms with E-state index in [9.17, 15) is 9.59 Å². The molecule has 0 saturated carbocycles. The Balaban J connectivity index is 2.98. The first-order chi connectivity index (χ1) is 7.47. The fraction of sp³-hybridized carbons (Fsp3) is 0.333. The number of esters is 1. The fourth-order valence-electron chi connectivity index (χ4n) is 1.31. The molecule has 0 fully saturated rings. The van der Waals surface area contributed by atoms with E-state index in [1.165, 1.54) is 6.92 Å². The second-order valence-corrected chi connectivity index (χ2v) is 4.10. The van der Waals surface area contributed by atoms with Gasteiger partial charge in [-0.05, 0) is 24.1 Å². The molecular weight excluding hydrogens is 228 g/mol. The first-order valence-corrected chi connectivity index (χ1v) is 5.23. The minimum Gasteiger partial charge on any atom is -0.464 e. The summed E-state index contributed by atoms with van der Waals surface area (Å²) >= 11 is 5.57. The quantitative estimate of drug-likeness (QED) is 0.599. The maximum Gasteiger partial charge on any atom is 0.302 e. The summed E-state index contributed by atoms with van der Waals surface area (Å²) < 4.78 is 4.88. The second-order valence-electron chi connectivity index (χ2n) is 3.75. The second kappa shape index (κ2) is 5.12. The Labute approximate surface area is 99.4 Å². The van der Waals surface area contributed by atoms with E-state index in [0.717, 1.165) is 5.56 Å². The molecule has 0 radical (unpaired) electrons. The summed E-state index contributed by atoms with van der Waals surface area (Å²) in [6, 6.07) is 9.02. The van der Waals surface area contributed by atoms with Crippen LogP contribution in [0.2, 0.25) is 0 Å². The van der Waals surface area contributed by atoms with Crippen molar-refractivity contribution in [1.29, 1.82) is 0 Å². The number of carbonyl (C=O) groups excluding carboxylic acids is 2. The van der Waals surface area contributed by atoms with Gasteiger partial charge in [0.05, 0.1) is 0 Å². The number of hydrogen-bond acceptors (Lipinski definition) is 3. The van der Waals surface area contributed by atoms with Crippen LogP contribution in [0.5, 0.6) is 0 Å². The van der Waals surface area contributed by atoms with Crippen LogP contribution in [-0.2, 0) is 19.7 Å². The summed E-state index contributed by atoms with van der Waals surface area (Å²) in [5, 5.41) is -0.542. The first-order valence-electron chi connectivity index (χ1n) is 4.85. The van der Waals surface area contributed by atoms with Crippen LogP contribution in [0.15, 0.2) is 30.3 Å². The zero-order valence-corrected chi connectivity index (χ0v) is 9.95. The summed E-state index contributed by atoms with van der Waals surface area (Å²) in [5.74, 6) is -0.430. The van der Waals surface area contributed by atoms with Gasteiger partial charge in [0.15, 0.2) is 0 Å². The third-order valence-corrected chi connectivity index (χ3v) is 2.83. The fourth-order valence-corrected chi connectivity index (χ4v) is 1.47. The van der Waals surface area contributed by atoms with E-state index in [0.29, 0.717) is 0 Å². The molecule has 0 aromatic heterocycles. The van der Waals surface area contributed by atoms with Crippen molar-refractivity contribution in [2.24, 2.45) is 0 Å². The van der Waals surface area contributed by atoms with Crippen LogP contribution in [0.3, 0.4) is 0 Å². The Bertz CT molecular complexity index is 389. The van der Waals surface area contributed by atoms with Crippen LogP contribution in [-0.4, -0.2) is 17.8 Å². The molecule has 0 aliphatic rings. The lowest BCUT2D eigenvalue weighted by Gasteiger charge is -2.25. The third-order valence-electron chi connectivity index (χ3n) is 2.41. The predicted octanol–water partition coefficient (Wildman–Crippen LogP) is 2.27. The Morgan fingerprint density at radius 2 is 1.88 bits per heavy atom. The Kier molecular flexibility index (Phi) is 4.07. The molecule has 1 aromatic rings. The molecule has 1 atom stereocenters. The van der Waals surface area contributed by atoms with Gasteiger partial charge in [0.25, 0.3) is 0 Å². The molecule has 0 aliphatic heterocycles. The standard InChI is InChI=1S/C12H13ClO3/c1-9(14)16-8-12(2,11(13)15)10-6-4-3-5-7-10/h3-7H,8H2,1-2H3. The normalized spacial score (nSPS) is 13.9. The third kappa shape index (κ3) is 2.83. The average Bonchev–Trinajstić information content (AvgIpc) is 2.26. The molecule has 1 rings (SSSR count). The molecular formula is C12H13ClO3. The smallest absolute Gasteiger partial charge is 0.302 e. The minimum absolute atomic E-state index is 0.0469. The van der Waals surface area contributed by atoms with Crippen LogP contribution in [0, 0.1) is 0 Å². The number of carbonyl (C=O) groups is 2. The lowest BCUT2D eigenvalue weighted by atomic mass is 9.85. The van der Waals surface area contributed by atoms with Crippen molar-refractivity contribution in [2.75, 3.05) is 6.61 Å². The Morgan fingerprint density at radius 1 is 1.31 bits per heavy atom. The van der Waals surface area contributed by atoms with Crippen LogP contribution in [0.4, 0.5) is 0 Å². The monoisotopic (exact) mass is 240 g/mol. The van der Waals surface area contributed by atoms with Gasteiger partial charge in [0.2, 0.25) is 5.24 Å². The van der Waals surface area contributed by atoms with Crippen LogP contribution >= 0.6 is 11.6 Å². The lowest BCUT2D eigenvalue weighted by Crippen LogP contribution is -2.35. The van der Waals surface area contributed by atoms with Gasteiger partial charge in [-0.25, -0.2) is 0 Å². The van der Waals surface area contributed by atoms with Crippen molar-refractivity contribution in [3.8, 4) is 0 Å². The topological polar surface area (TPSA) is 43.4 Å². The van der Waals surface area contributed by atoms with E-state index in [2.05, 4.69) is 0 Å². The predicted molar refractivity (Wildman–Crippen MR) is 61.3 cm³/mol. The summed E-state index contributed by atoms with van der Waals surface area (Å²) in [7, 11) is 0. The van der Waals surface area contributed by atoms with E-state index < -0.39 is 16.6 Å². The number of halogens is 1. The van der Waals surface area contributed by atoms with Gasteiger partial charge in [-0.2, -0.15) is 0 Å². The van der Waals surface area contributed by atoms with Gasteiger partial charge in [-0.15, -0.1) is 0 Å². The molecule has 0 amide bonds. The maximum atomic E-state index is 11.5. The Hall–Kier alpha value is -1.35. The molecule has 3 nitrogen and oxygen atoms in total. The SMILES string of the molecule is CC(=O)OCC(C)(C(=O)Cl)c1ccccc1. The Morgan fingerprint density at radius 3 is 2.31 bits per heavy atom.